The monoisotopic (exact) mass is 358 g/mol. The Bertz CT molecular complexity index is 657. The average Bonchev–Trinajstić information content (AvgIpc) is 2.60. The molecule has 0 unspecified atom stereocenters. The Morgan fingerprint density at radius 1 is 1.12 bits per heavy atom. The van der Waals surface area contributed by atoms with Gasteiger partial charge in [-0.15, -0.1) is 0 Å². The number of para-hydroxylation sites is 1. The maximum Gasteiger partial charge on any atom is 0.410 e. The van der Waals surface area contributed by atoms with Gasteiger partial charge in [-0.1, -0.05) is 18.2 Å². The van der Waals surface area contributed by atoms with E-state index in [4.69, 9.17) is 4.74 Å². The number of ether oxygens (including phenoxy) is 1. The van der Waals surface area contributed by atoms with Gasteiger partial charge in [-0.25, -0.2) is 4.79 Å². The van der Waals surface area contributed by atoms with Crippen LogP contribution in [0.15, 0.2) is 24.3 Å². The van der Waals surface area contributed by atoms with Gasteiger partial charge in [-0.3, -0.25) is 4.79 Å². The zero-order valence-electron chi connectivity index (χ0n) is 16.2. The van der Waals surface area contributed by atoms with Crippen LogP contribution in [0.25, 0.3) is 0 Å². The zero-order valence-corrected chi connectivity index (χ0v) is 16.2. The number of anilines is 1. The van der Waals surface area contributed by atoms with Crippen LogP contribution in [0, 0.1) is 5.92 Å². The molecule has 26 heavy (non-hydrogen) atoms. The summed E-state index contributed by atoms with van der Waals surface area (Å²) in [5.74, 6) is 0.558. The van der Waals surface area contributed by atoms with Crippen LogP contribution in [0.2, 0.25) is 0 Å². The molecular formula is C21H30N2O3. The maximum atomic E-state index is 12.9. The lowest BCUT2D eigenvalue weighted by Crippen LogP contribution is -2.43. The first kappa shape index (κ1) is 18.7. The number of hydrogen-bond acceptors (Lipinski definition) is 3. The summed E-state index contributed by atoms with van der Waals surface area (Å²) >= 11 is 0. The standard InChI is InChI=1S/C21H30N2O3/c1-21(2,3)26-20(25)22-13-10-16(11-14-22)15-19(24)23-12-6-8-17-7-4-5-9-18(17)23/h4-5,7,9,16H,6,8,10-15H2,1-3H3. The number of nitrogens with zero attached hydrogens (tertiary/aromatic N) is 2. The van der Waals surface area contributed by atoms with E-state index in [1.54, 1.807) is 4.90 Å². The molecule has 0 bridgehead atoms. The Labute approximate surface area is 156 Å². The maximum absolute atomic E-state index is 12.9. The van der Waals surface area contributed by atoms with Crippen LogP contribution in [0.5, 0.6) is 0 Å². The molecule has 1 saturated heterocycles. The first-order valence-corrected chi connectivity index (χ1v) is 9.70. The van der Waals surface area contributed by atoms with Gasteiger partial charge >= 0.3 is 6.09 Å². The lowest BCUT2D eigenvalue weighted by molar-refractivity contribution is -0.119. The summed E-state index contributed by atoms with van der Waals surface area (Å²) in [4.78, 5) is 28.7. The van der Waals surface area contributed by atoms with Crippen LogP contribution >= 0.6 is 0 Å². The summed E-state index contributed by atoms with van der Waals surface area (Å²) in [6.45, 7) is 7.80. The Morgan fingerprint density at radius 3 is 2.50 bits per heavy atom. The number of likely N-dealkylation sites (tertiary alicyclic amines) is 1. The molecule has 2 heterocycles. The third kappa shape index (κ3) is 4.57. The Kier molecular flexibility index (Phi) is 5.54. The molecule has 1 aromatic rings. The number of fused-ring (bicyclic) bond motifs is 1. The highest BCUT2D eigenvalue weighted by atomic mass is 16.6. The van der Waals surface area contributed by atoms with Crippen LogP contribution in [-0.2, 0) is 16.0 Å². The molecule has 0 spiro atoms. The second-order valence-corrected chi connectivity index (χ2v) is 8.39. The van der Waals surface area contributed by atoms with Crippen molar-refractivity contribution in [3.8, 4) is 0 Å². The van der Waals surface area contributed by atoms with Crippen molar-refractivity contribution in [1.29, 1.82) is 0 Å². The third-order valence-corrected chi connectivity index (χ3v) is 5.14. The molecule has 0 aliphatic carbocycles. The zero-order chi connectivity index (χ0) is 18.7. The van der Waals surface area contributed by atoms with Crippen molar-refractivity contribution in [2.24, 2.45) is 5.92 Å². The Morgan fingerprint density at radius 2 is 1.81 bits per heavy atom. The smallest absolute Gasteiger partial charge is 0.410 e. The van der Waals surface area contributed by atoms with E-state index < -0.39 is 5.60 Å². The minimum atomic E-state index is -0.467. The second kappa shape index (κ2) is 7.68. The average molecular weight is 358 g/mol. The number of piperidine rings is 1. The molecule has 0 aromatic heterocycles. The van der Waals surface area contributed by atoms with Crippen molar-refractivity contribution in [3.05, 3.63) is 29.8 Å². The fourth-order valence-corrected chi connectivity index (χ4v) is 3.80. The number of amides is 2. The quantitative estimate of drug-likeness (QED) is 0.803. The number of carbonyl (C=O) groups excluding carboxylic acids is 2. The van der Waals surface area contributed by atoms with Crippen molar-refractivity contribution >= 4 is 17.7 Å². The molecule has 3 rings (SSSR count). The molecule has 142 valence electrons. The Balaban J connectivity index is 1.52. The molecule has 5 nitrogen and oxygen atoms in total. The van der Waals surface area contributed by atoms with Gasteiger partial charge in [0.05, 0.1) is 0 Å². The van der Waals surface area contributed by atoms with Crippen LogP contribution in [0.1, 0.15) is 52.0 Å². The Hall–Kier alpha value is -2.04. The van der Waals surface area contributed by atoms with E-state index >= 15 is 0 Å². The highest BCUT2D eigenvalue weighted by Crippen LogP contribution is 2.29. The molecule has 0 N–H and O–H groups in total. The molecule has 5 heteroatoms. The normalized spacial score (nSPS) is 18.4. The van der Waals surface area contributed by atoms with Crippen LogP contribution < -0.4 is 4.90 Å². The molecule has 2 aliphatic heterocycles. The first-order valence-electron chi connectivity index (χ1n) is 9.70. The highest BCUT2D eigenvalue weighted by molar-refractivity contribution is 5.94. The number of carbonyl (C=O) groups is 2. The van der Waals surface area contributed by atoms with Gasteiger partial charge in [0.2, 0.25) is 5.91 Å². The van der Waals surface area contributed by atoms with Crippen molar-refractivity contribution in [2.75, 3.05) is 24.5 Å². The molecule has 0 saturated carbocycles. The molecule has 1 aromatic carbocycles. The van der Waals surface area contributed by atoms with Crippen molar-refractivity contribution in [3.63, 3.8) is 0 Å². The first-order chi connectivity index (χ1) is 12.3. The summed E-state index contributed by atoms with van der Waals surface area (Å²) in [5, 5.41) is 0. The fourth-order valence-electron chi connectivity index (χ4n) is 3.80. The van der Waals surface area contributed by atoms with E-state index in [0.29, 0.717) is 25.4 Å². The number of hydrogen-bond donors (Lipinski definition) is 0. The summed E-state index contributed by atoms with van der Waals surface area (Å²) in [6.07, 6.45) is 4.12. The van der Waals surface area contributed by atoms with E-state index in [9.17, 15) is 9.59 Å². The summed E-state index contributed by atoms with van der Waals surface area (Å²) in [5.41, 5.74) is 1.88. The number of aryl methyl sites for hydroxylation is 1. The molecule has 0 radical (unpaired) electrons. The molecular weight excluding hydrogens is 328 g/mol. The lowest BCUT2D eigenvalue weighted by atomic mass is 9.92. The summed E-state index contributed by atoms with van der Waals surface area (Å²) in [6, 6.07) is 8.22. The molecule has 1 fully saturated rings. The van der Waals surface area contributed by atoms with Gasteiger partial charge in [-0.2, -0.15) is 0 Å². The van der Waals surface area contributed by atoms with Gasteiger partial charge in [-0.05, 0) is 64.0 Å². The SMILES string of the molecule is CC(C)(C)OC(=O)N1CCC(CC(=O)N2CCCc3ccccc32)CC1. The lowest BCUT2D eigenvalue weighted by Gasteiger charge is -2.35. The van der Waals surface area contributed by atoms with Gasteiger partial charge < -0.3 is 14.5 Å². The summed E-state index contributed by atoms with van der Waals surface area (Å²) < 4.78 is 5.44. The van der Waals surface area contributed by atoms with E-state index in [0.717, 1.165) is 37.9 Å². The van der Waals surface area contributed by atoms with Crippen molar-refractivity contribution in [1.82, 2.24) is 4.90 Å². The number of rotatable bonds is 2. The summed E-state index contributed by atoms with van der Waals surface area (Å²) in [7, 11) is 0. The second-order valence-electron chi connectivity index (χ2n) is 8.39. The predicted octanol–water partition coefficient (Wildman–Crippen LogP) is 4.00. The van der Waals surface area contributed by atoms with E-state index in [-0.39, 0.29) is 12.0 Å². The number of benzene rings is 1. The molecule has 2 aliphatic rings. The predicted molar refractivity (Wildman–Crippen MR) is 102 cm³/mol. The van der Waals surface area contributed by atoms with Crippen LogP contribution in [0.4, 0.5) is 10.5 Å². The fraction of sp³-hybridized carbons (Fsp3) is 0.619. The molecule has 0 atom stereocenters. The minimum absolute atomic E-state index is 0.216. The van der Waals surface area contributed by atoms with E-state index in [2.05, 4.69) is 12.1 Å². The van der Waals surface area contributed by atoms with Gasteiger partial charge in [0.1, 0.15) is 5.60 Å². The van der Waals surface area contributed by atoms with Crippen molar-refractivity contribution < 1.29 is 14.3 Å². The van der Waals surface area contributed by atoms with Gasteiger partial charge in [0.25, 0.3) is 0 Å². The van der Waals surface area contributed by atoms with Gasteiger partial charge in [0, 0.05) is 31.7 Å². The van der Waals surface area contributed by atoms with Crippen LogP contribution in [-0.4, -0.2) is 42.1 Å². The third-order valence-electron chi connectivity index (χ3n) is 5.14. The minimum Gasteiger partial charge on any atom is -0.444 e. The van der Waals surface area contributed by atoms with Crippen molar-refractivity contribution in [2.45, 2.75) is 58.5 Å². The van der Waals surface area contributed by atoms with E-state index in [1.165, 1.54) is 5.56 Å². The van der Waals surface area contributed by atoms with Gasteiger partial charge in [0.15, 0.2) is 0 Å². The van der Waals surface area contributed by atoms with Crippen LogP contribution in [0.3, 0.4) is 0 Å². The largest absolute Gasteiger partial charge is 0.444 e. The molecule has 2 amide bonds. The topological polar surface area (TPSA) is 49.9 Å². The van der Waals surface area contributed by atoms with E-state index in [1.807, 2.05) is 37.8 Å². The highest BCUT2D eigenvalue weighted by Gasteiger charge is 2.30.